The number of carbonyl (C=O) groups is 2. The van der Waals surface area contributed by atoms with Gasteiger partial charge in [0, 0.05) is 38.3 Å². The molecule has 2 fully saturated rings. The van der Waals surface area contributed by atoms with Crippen molar-refractivity contribution in [2.75, 3.05) is 13.1 Å². The fourth-order valence-electron chi connectivity index (χ4n) is 4.98. The van der Waals surface area contributed by atoms with E-state index in [1.165, 1.54) is 0 Å². The summed E-state index contributed by atoms with van der Waals surface area (Å²) in [6.45, 7) is 6.60. The highest BCUT2D eigenvalue weighted by Gasteiger charge is 2.52. The first-order chi connectivity index (χ1) is 14.0. The van der Waals surface area contributed by atoms with Crippen LogP contribution in [0, 0.1) is 13.8 Å². The van der Waals surface area contributed by atoms with E-state index >= 15 is 0 Å². The van der Waals surface area contributed by atoms with E-state index in [0.717, 1.165) is 49.2 Å². The summed E-state index contributed by atoms with van der Waals surface area (Å²) in [6.07, 6.45) is 3.79. The zero-order valence-corrected chi connectivity index (χ0v) is 17.4. The van der Waals surface area contributed by atoms with Crippen LogP contribution in [0.4, 0.5) is 0 Å². The Kier molecular flexibility index (Phi) is 5.43. The van der Waals surface area contributed by atoms with Crippen molar-refractivity contribution in [1.82, 2.24) is 19.6 Å². The Morgan fingerprint density at radius 1 is 1.10 bits per heavy atom. The molecular formula is C23H30N4O2. The van der Waals surface area contributed by atoms with Crippen molar-refractivity contribution in [3.05, 3.63) is 53.3 Å². The molecule has 0 saturated carbocycles. The van der Waals surface area contributed by atoms with E-state index in [-0.39, 0.29) is 11.8 Å². The molecule has 2 aliphatic heterocycles. The average Bonchev–Trinajstić information content (AvgIpc) is 3.27. The van der Waals surface area contributed by atoms with Crippen LogP contribution in [0.2, 0.25) is 0 Å². The van der Waals surface area contributed by atoms with Gasteiger partial charge in [-0.25, -0.2) is 0 Å². The third-order valence-electron chi connectivity index (χ3n) is 6.35. The van der Waals surface area contributed by atoms with Gasteiger partial charge < -0.3 is 9.80 Å². The van der Waals surface area contributed by atoms with Crippen molar-refractivity contribution in [1.29, 1.82) is 0 Å². The Balaban J connectivity index is 1.47. The van der Waals surface area contributed by atoms with E-state index in [2.05, 4.69) is 17.2 Å². The minimum Gasteiger partial charge on any atom is -0.336 e. The van der Waals surface area contributed by atoms with Crippen molar-refractivity contribution in [2.24, 2.45) is 0 Å². The van der Waals surface area contributed by atoms with Gasteiger partial charge in [0.2, 0.25) is 11.8 Å². The van der Waals surface area contributed by atoms with Crippen molar-refractivity contribution in [3.63, 3.8) is 0 Å². The van der Waals surface area contributed by atoms with Crippen LogP contribution in [0.15, 0.2) is 36.4 Å². The molecule has 4 rings (SSSR count). The third-order valence-corrected chi connectivity index (χ3v) is 6.35. The van der Waals surface area contributed by atoms with Crippen LogP contribution in [0.1, 0.15) is 49.1 Å². The minimum absolute atomic E-state index is 0.0740. The van der Waals surface area contributed by atoms with Crippen LogP contribution in [0.5, 0.6) is 0 Å². The fraction of sp³-hybridized carbons (Fsp3) is 0.522. The lowest BCUT2D eigenvalue weighted by atomic mass is 9.85. The van der Waals surface area contributed by atoms with Gasteiger partial charge in [-0.2, -0.15) is 5.10 Å². The summed E-state index contributed by atoms with van der Waals surface area (Å²) in [6, 6.07) is 12.1. The second-order valence-corrected chi connectivity index (χ2v) is 8.40. The van der Waals surface area contributed by atoms with Gasteiger partial charge in [0.1, 0.15) is 5.54 Å². The number of carbonyl (C=O) groups excluding carboxylic acids is 2. The standard InChI is InChI=1S/C23H30N4O2/c1-18-16-19(2)27(24-18)15-10-21(28)26-14-7-12-23(26)11-6-13-25(22(23)29)17-20-8-4-3-5-9-20/h3-5,8-9,16H,6-7,10-15,17H2,1-2H3. The largest absolute Gasteiger partial charge is 0.336 e. The second-order valence-electron chi connectivity index (χ2n) is 8.40. The number of amides is 2. The molecule has 6 heteroatoms. The summed E-state index contributed by atoms with van der Waals surface area (Å²) in [4.78, 5) is 30.5. The van der Waals surface area contributed by atoms with Crippen molar-refractivity contribution >= 4 is 11.8 Å². The number of aryl methyl sites for hydroxylation is 3. The Bertz CT molecular complexity index is 892. The molecule has 2 aliphatic rings. The Labute approximate surface area is 172 Å². The summed E-state index contributed by atoms with van der Waals surface area (Å²) in [5.41, 5.74) is 2.53. The van der Waals surface area contributed by atoms with Gasteiger partial charge in [-0.3, -0.25) is 14.3 Å². The summed E-state index contributed by atoms with van der Waals surface area (Å²) in [5.74, 6) is 0.203. The molecule has 2 saturated heterocycles. The summed E-state index contributed by atoms with van der Waals surface area (Å²) in [7, 11) is 0. The molecular weight excluding hydrogens is 364 g/mol. The normalized spacial score (nSPS) is 21.9. The topological polar surface area (TPSA) is 58.4 Å². The van der Waals surface area contributed by atoms with E-state index in [4.69, 9.17) is 0 Å². The van der Waals surface area contributed by atoms with Gasteiger partial charge in [0.05, 0.1) is 5.69 Å². The van der Waals surface area contributed by atoms with E-state index in [0.29, 0.717) is 26.1 Å². The first kappa shape index (κ1) is 19.7. The van der Waals surface area contributed by atoms with E-state index in [9.17, 15) is 9.59 Å². The quantitative estimate of drug-likeness (QED) is 0.783. The van der Waals surface area contributed by atoms with Crippen LogP contribution >= 0.6 is 0 Å². The fourth-order valence-corrected chi connectivity index (χ4v) is 4.98. The van der Waals surface area contributed by atoms with E-state index < -0.39 is 5.54 Å². The maximum absolute atomic E-state index is 13.5. The molecule has 2 aromatic rings. The molecule has 0 bridgehead atoms. The molecule has 1 atom stereocenters. The van der Waals surface area contributed by atoms with Gasteiger partial charge >= 0.3 is 0 Å². The Morgan fingerprint density at radius 2 is 1.83 bits per heavy atom. The number of likely N-dealkylation sites (tertiary alicyclic amines) is 2. The van der Waals surface area contributed by atoms with Crippen LogP contribution in [0.3, 0.4) is 0 Å². The molecule has 0 N–H and O–H groups in total. The highest BCUT2D eigenvalue weighted by Crippen LogP contribution is 2.39. The van der Waals surface area contributed by atoms with Crippen molar-refractivity contribution in [3.8, 4) is 0 Å². The van der Waals surface area contributed by atoms with Crippen LogP contribution < -0.4 is 0 Å². The monoisotopic (exact) mass is 394 g/mol. The third kappa shape index (κ3) is 3.80. The predicted octanol–water partition coefficient (Wildman–Crippen LogP) is 3.07. The number of piperidine rings is 1. The number of nitrogens with zero attached hydrogens (tertiary/aromatic N) is 4. The number of rotatable bonds is 5. The molecule has 0 radical (unpaired) electrons. The molecule has 29 heavy (non-hydrogen) atoms. The van der Waals surface area contributed by atoms with E-state index in [1.54, 1.807) is 0 Å². The van der Waals surface area contributed by atoms with Gasteiger partial charge in [0.25, 0.3) is 0 Å². The molecule has 1 unspecified atom stereocenters. The lowest BCUT2D eigenvalue weighted by Crippen LogP contribution is -2.61. The summed E-state index contributed by atoms with van der Waals surface area (Å²) < 4.78 is 1.89. The molecule has 0 aliphatic carbocycles. The highest BCUT2D eigenvalue weighted by molar-refractivity contribution is 5.92. The van der Waals surface area contributed by atoms with Gasteiger partial charge in [-0.1, -0.05) is 30.3 Å². The molecule has 1 spiro atoms. The lowest BCUT2D eigenvalue weighted by molar-refractivity contribution is -0.156. The van der Waals surface area contributed by atoms with Crippen LogP contribution in [-0.4, -0.2) is 50.0 Å². The Morgan fingerprint density at radius 3 is 2.52 bits per heavy atom. The average molecular weight is 395 g/mol. The number of benzene rings is 1. The predicted molar refractivity (Wildman–Crippen MR) is 111 cm³/mol. The van der Waals surface area contributed by atoms with Gasteiger partial charge in [-0.15, -0.1) is 0 Å². The first-order valence-electron chi connectivity index (χ1n) is 10.6. The van der Waals surface area contributed by atoms with Crippen molar-refractivity contribution < 1.29 is 9.59 Å². The number of hydrogen-bond donors (Lipinski definition) is 0. The Hall–Kier alpha value is -2.63. The molecule has 1 aromatic heterocycles. The molecule has 154 valence electrons. The van der Waals surface area contributed by atoms with Crippen LogP contribution in [-0.2, 0) is 22.7 Å². The van der Waals surface area contributed by atoms with Gasteiger partial charge in [0.15, 0.2) is 0 Å². The van der Waals surface area contributed by atoms with E-state index in [1.807, 2.05) is 52.6 Å². The van der Waals surface area contributed by atoms with Crippen molar-refractivity contribution in [2.45, 2.75) is 64.6 Å². The zero-order valence-electron chi connectivity index (χ0n) is 17.4. The summed E-state index contributed by atoms with van der Waals surface area (Å²) in [5, 5.41) is 4.46. The lowest BCUT2D eigenvalue weighted by Gasteiger charge is -2.44. The number of aromatic nitrogens is 2. The first-order valence-corrected chi connectivity index (χ1v) is 10.6. The maximum Gasteiger partial charge on any atom is 0.248 e. The summed E-state index contributed by atoms with van der Waals surface area (Å²) >= 11 is 0. The van der Waals surface area contributed by atoms with Crippen LogP contribution in [0.25, 0.3) is 0 Å². The molecule has 3 heterocycles. The molecule has 1 aromatic carbocycles. The molecule has 6 nitrogen and oxygen atoms in total. The highest BCUT2D eigenvalue weighted by atomic mass is 16.2. The molecule has 2 amide bonds. The second kappa shape index (κ2) is 8.01. The zero-order chi connectivity index (χ0) is 20.4. The SMILES string of the molecule is Cc1cc(C)n(CCC(=O)N2CCCC23CCCN(Cc2ccccc2)C3=O)n1. The minimum atomic E-state index is -0.640. The smallest absolute Gasteiger partial charge is 0.248 e. The number of hydrogen-bond acceptors (Lipinski definition) is 3. The van der Waals surface area contributed by atoms with Gasteiger partial charge in [-0.05, 0) is 51.2 Å². The maximum atomic E-state index is 13.5.